The number of anilines is 1. The molecule has 0 spiro atoms. The van der Waals surface area contributed by atoms with Crippen LogP contribution in [0.25, 0.3) is 0 Å². The molecule has 0 radical (unpaired) electrons. The first-order chi connectivity index (χ1) is 12.9. The van der Waals surface area contributed by atoms with Crippen molar-refractivity contribution in [3.63, 3.8) is 0 Å². The number of hydrogen-bond acceptors (Lipinski definition) is 4. The molecule has 0 saturated heterocycles. The summed E-state index contributed by atoms with van der Waals surface area (Å²) in [7, 11) is 1.58. The normalized spacial score (nSPS) is 11.6. The lowest BCUT2D eigenvalue weighted by Gasteiger charge is -2.17. The second-order valence-corrected chi connectivity index (χ2v) is 6.34. The predicted molar refractivity (Wildman–Crippen MR) is 105 cm³/mol. The van der Waals surface area contributed by atoms with Gasteiger partial charge < -0.3 is 20.1 Å². The van der Waals surface area contributed by atoms with Crippen LogP contribution in [0.5, 0.6) is 5.75 Å². The van der Waals surface area contributed by atoms with Crippen molar-refractivity contribution in [2.45, 2.75) is 26.9 Å². The van der Waals surface area contributed by atoms with Crippen LogP contribution in [-0.2, 0) is 9.53 Å². The number of carbonyl (C=O) groups is 2. The molecule has 0 aliphatic rings. The summed E-state index contributed by atoms with van der Waals surface area (Å²) in [6.45, 7) is 6.52. The molecule has 1 atom stereocenters. The van der Waals surface area contributed by atoms with E-state index in [0.29, 0.717) is 30.2 Å². The average Bonchev–Trinajstić information content (AvgIpc) is 2.65. The largest absolute Gasteiger partial charge is 0.481 e. The van der Waals surface area contributed by atoms with Crippen LogP contribution >= 0.6 is 0 Å². The molecule has 6 heteroatoms. The number of aryl methyl sites for hydroxylation is 2. The van der Waals surface area contributed by atoms with E-state index in [9.17, 15) is 9.59 Å². The van der Waals surface area contributed by atoms with Crippen LogP contribution in [0.15, 0.2) is 42.5 Å². The van der Waals surface area contributed by atoms with E-state index in [4.69, 9.17) is 9.47 Å². The van der Waals surface area contributed by atoms with Crippen molar-refractivity contribution in [2.24, 2.45) is 0 Å². The lowest BCUT2D eigenvalue weighted by atomic mass is 10.1. The Bertz CT molecular complexity index is 787. The van der Waals surface area contributed by atoms with E-state index < -0.39 is 6.10 Å². The standard InChI is InChI=1S/C21H26N2O4/c1-14-5-6-15(2)19(13-14)27-16(3)20(24)23-18-9-7-17(8-10-18)21(25)22-11-12-26-4/h5-10,13,16H,11-12H2,1-4H3,(H,22,25)(H,23,24)/t16-/m1/s1. The molecule has 6 nitrogen and oxygen atoms in total. The minimum atomic E-state index is -0.650. The lowest BCUT2D eigenvalue weighted by molar-refractivity contribution is -0.122. The molecule has 2 aromatic rings. The Morgan fingerprint density at radius 2 is 1.78 bits per heavy atom. The number of benzene rings is 2. The molecule has 0 aliphatic heterocycles. The summed E-state index contributed by atoms with van der Waals surface area (Å²) in [4.78, 5) is 24.3. The van der Waals surface area contributed by atoms with Gasteiger partial charge in [-0.25, -0.2) is 0 Å². The molecule has 2 N–H and O–H groups in total. The Balaban J connectivity index is 1.93. The van der Waals surface area contributed by atoms with Gasteiger partial charge in [0.25, 0.3) is 11.8 Å². The number of nitrogens with one attached hydrogen (secondary N) is 2. The van der Waals surface area contributed by atoms with Gasteiger partial charge in [0.2, 0.25) is 0 Å². The number of amides is 2. The van der Waals surface area contributed by atoms with Crippen molar-refractivity contribution in [1.82, 2.24) is 5.32 Å². The zero-order valence-corrected chi connectivity index (χ0v) is 16.2. The molecule has 0 unspecified atom stereocenters. The van der Waals surface area contributed by atoms with Gasteiger partial charge in [0.15, 0.2) is 6.10 Å². The van der Waals surface area contributed by atoms with Crippen LogP contribution in [0, 0.1) is 13.8 Å². The minimum Gasteiger partial charge on any atom is -0.481 e. The maximum atomic E-state index is 12.4. The fourth-order valence-electron chi connectivity index (χ4n) is 2.40. The first kappa shape index (κ1) is 20.5. The van der Waals surface area contributed by atoms with Crippen LogP contribution in [-0.4, -0.2) is 38.2 Å². The summed E-state index contributed by atoms with van der Waals surface area (Å²) in [6.07, 6.45) is -0.650. The van der Waals surface area contributed by atoms with Crippen LogP contribution in [0.4, 0.5) is 5.69 Å². The lowest BCUT2D eigenvalue weighted by Crippen LogP contribution is -2.30. The van der Waals surface area contributed by atoms with Gasteiger partial charge in [-0.1, -0.05) is 12.1 Å². The number of hydrogen-bond donors (Lipinski definition) is 2. The van der Waals surface area contributed by atoms with Crippen LogP contribution in [0.1, 0.15) is 28.4 Å². The van der Waals surface area contributed by atoms with Gasteiger partial charge in [0, 0.05) is 24.9 Å². The third kappa shape index (κ3) is 6.11. The van der Waals surface area contributed by atoms with E-state index in [1.807, 2.05) is 32.0 Å². The van der Waals surface area contributed by atoms with E-state index >= 15 is 0 Å². The highest BCUT2D eigenvalue weighted by Gasteiger charge is 2.16. The molecule has 0 aromatic heterocycles. The van der Waals surface area contributed by atoms with E-state index in [2.05, 4.69) is 10.6 Å². The fraction of sp³-hybridized carbons (Fsp3) is 0.333. The van der Waals surface area contributed by atoms with Crippen molar-refractivity contribution in [2.75, 3.05) is 25.6 Å². The van der Waals surface area contributed by atoms with Crippen LogP contribution in [0.3, 0.4) is 0 Å². The monoisotopic (exact) mass is 370 g/mol. The third-order valence-corrected chi connectivity index (χ3v) is 4.02. The molecule has 2 amide bonds. The van der Waals surface area contributed by atoms with Crippen molar-refractivity contribution in [3.8, 4) is 5.75 Å². The molecular weight excluding hydrogens is 344 g/mol. The van der Waals surface area contributed by atoms with Gasteiger partial charge >= 0.3 is 0 Å². The summed E-state index contributed by atoms with van der Waals surface area (Å²) < 4.78 is 10.7. The highest BCUT2D eigenvalue weighted by Crippen LogP contribution is 2.21. The van der Waals surface area contributed by atoms with Gasteiger partial charge in [-0.3, -0.25) is 9.59 Å². The molecule has 0 saturated carbocycles. The van der Waals surface area contributed by atoms with Gasteiger partial charge in [0.05, 0.1) is 6.61 Å². The molecule has 0 heterocycles. The number of rotatable bonds is 8. The second-order valence-electron chi connectivity index (χ2n) is 6.34. The molecule has 144 valence electrons. The van der Waals surface area contributed by atoms with Gasteiger partial charge in [0.1, 0.15) is 5.75 Å². The number of carbonyl (C=O) groups excluding carboxylic acids is 2. The Morgan fingerprint density at radius 1 is 1.07 bits per heavy atom. The highest BCUT2D eigenvalue weighted by molar-refractivity contribution is 5.96. The molecule has 2 aromatic carbocycles. The quantitative estimate of drug-likeness (QED) is 0.700. The maximum Gasteiger partial charge on any atom is 0.265 e. The van der Waals surface area contributed by atoms with Crippen LogP contribution < -0.4 is 15.4 Å². The van der Waals surface area contributed by atoms with Crippen LogP contribution in [0.2, 0.25) is 0 Å². The van der Waals surface area contributed by atoms with Crippen molar-refractivity contribution < 1.29 is 19.1 Å². The van der Waals surface area contributed by atoms with Crippen molar-refractivity contribution in [3.05, 3.63) is 59.2 Å². The molecule has 2 rings (SSSR count). The van der Waals surface area contributed by atoms with E-state index in [0.717, 1.165) is 11.1 Å². The summed E-state index contributed by atoms with van der Waals surface area (Å²) in [5.41, 5.74) is 3.17. The van der Waals surface area contributed by atoms with Crippen molar-refractivity contribution >= 4 is 17.5 Å². The molecule has 0 aliphatic carbocycles. The Kier molecular flexibility index (Phi) is 7.37. The SMILES string of the molecule is COCCNC(=O)c1ccc(NC(=O)[C@@H](C)Oc2cc(C)ccc2C)cc1. The second kappa shape index (κ2) is 9.73. The summed E-state index contributed by atoms with van der Waals surface area (Å²) in [5, 5.41) is 5.54. The Labute approximate surface area is 159 Å². The van der Waals surface area contributed by atoms with Gasteiger partial charge in [-0.05, 0) is 62.2 Å². The first-order valence-corrected chi connectivity index (χ1v) is 8.82. The third-order valence-electron chi connectivity index (χ3n) is 4.02. The zero-order chi connectivity index (χ0) is 19.8. The summed E-state index contributed by atoms with van der Waals surface area (Å²) in [5.74, 6) is 0.255. The summed E-state index contributed by atoms with van der Waals surface area (Å²) in [6, 6.07) is 12.6. The molecule has 0 bridgehead atoms. The Hall–Kier alpha value is -2.86. The minimum absolute atomic E-state index is 0.184. The number of ether oxygens (including phenoxy) is 2. The smallest absolute Gasteiger partial charge is 0.265 e. The van der Waals surface area contributed by atoms with Gasteiger partial charge in [-0.2, -0.15) is 0 Å². The zero-order valence-electron chi connectivity index (χ0n) is 16.2. The van der Waals surface area contributed by atoms with Crippen molar-refractivity contribution in [1.29, 1.82) is 0 Å². The van der Waals surface area contributed by atoms with Gasteiger partial charge in [-0.15, -0.1) is 0 Å². The molecular formula is C21H26N2O4. The average molecular weight is 370 g/mol. The topological polar surface area (TPSA) is 76.7 Å². The molecule has 27 heavy (non-hydrogen) atoms. The van der Waals surface area contributed by atoms with E-state index in [1.54, 1.807) is 38.3 Å². The molecule has 0 fully saturated rings. The highest BCUT2D eigenvalue weighted by atomic mass is 16.5. The van der Waals surface area contributed by atoms with E-state index in [1.165, 1.54) is 0 Å². The summed E-state index contributed by atoms with van der Waals surface area (Å²) >= 11 is 0. The first-order valence-electron chi connectivity index (χ1n) is 8.82. The fourth-order valence-corrected chi connectivity index (χ4v) is 2.40. The van der Waals surface area contributed by atoms with E-state index in [-0.39, 0.29) is 11.8 Å². The maximum absolute atomic E-state index is 12.4. The Morgan fingerprint density at radius 3 is 2.44 bits per heavy atom. The number of methoxy groups -OCH3 is 1. The predicted octanol–water partition coefficient (Wildman–Crippen LogP) is 3.09.